The van der Waals surface area contributed by atoms with E-state index in [0.29, 0.717) is 11.8 Å². The topological polar surface area (TPSA) is 32.8 Å². The summed E-state index contributed by atoms with van der Waals surface area (Å²) in [5.41, 5.74) is 1.27. The van der Waals surface area contributed by atoms with Crippen molar-refractivity contribution in [3.63, 3.8) is 0 Å². The first-order valence-corrected chi connectivity index (χ1v) is 9.88. The highest BCUT2D eigenvalue weighted by Crippen LogP contribution is 2.45. The molecule has 0 saturated carbocycles. The average molecular weight is 342 g/mol. The molecule has 3 aliphatic rings. The highest BCUT2D eigenvalue weighted by atomic mass is 16.5. The van der Waals surface area contributed by atoms with Gasteiger partial charge in [0.25, 0.3) is 0 Å². The number of nitrogens with zero attached hydrogens (tertiary/aromatic N) is 2. The zero-order valence-electron chi connectivity index (χ0n) is 15.3. The fraction of sp³-hybridized carbons (Fsp3) is 0.667. The van der Waals surface area contributed by atoms with E-state index in [4.69, 9.17) is 4.74 Å². The number of amides is 1. The molecule has 3 saturated heterocycles. The molecule has 3 fully saturated rings. The van der Waals surface area contributed by atoms with Crippen LogP contribution >= 0.6 is 0 Å². The molecule has 1 aromatic carbocycles. The smallest absolute Gasteiger partial charge is 0.230 e. The van der Waals surface area contributed by atoms with Gasteiger partial charge in [0.15, 0.2) is 0 Å². The molecule has 136 valence electrons. The van der Waals surface area contributed by atoms with Crippen LogP contribution in [-0.2, 0) is 9.53 Å². The maximum atomic E-state index is 13.1. The molecular weight excluding hydrogens is 312 g/mol. The van der Waals surface area contributed by atoms with Crippen molar-refractivity contribution in [1.29, 1.82) is 0 Å². The van der Waals surface area contributed by atoms with Gasteiger partial charge in [-0.05, 0) is 44.1 Å². The third-order valence-electron chi connectivity index (χ3n) is 6.57. The van der Waals surface area contributed by atoms with Crippen molar-refractivity contribution in [2.24, 2.45) is 5.92 Å². The molecule has 0 unspecified atom stereocenters. The van der Waals surface area contributed by atoms with E-state index in [9.17, 15) is 4.79 Å². The Morgan fingerprint density at radius 3 is 2.60 bits per heavy atom. The van der Waals surface area contributed by atoms with E-state index < -0.39 is 0 Å². The molecule has 0 N–H and O–H groups in total. The second kappa shape index (κ2) is 7.08. The van der Waals surface area contributed by atoms with Crippen molar-refractivity contribution in [3.05, 3.63) is 35.9 Å². The molecular formula is C21H30N2O2. The molecule has 0 aliphatic carbocycles. The van der Waals surface area contributed by atoms with E-state index in [2.05, 4.69) is 41.0 Å². The fourth-order valence-electron chi connectivity index (χ4n) is 5.15. The first-order valence-electron chi connectivity index (χ1n) is 9.88. The predicted molar refractivity (Wildman–Crippen MR) is 98.5 cm³/mol. The molecule has 3 aliphatic heterocycles. The number of rotatable bonds is 4. The number of likely N-dealkylation sites (tertiary alicyclic amines) is 2. The SMILES string of the molecule is CCN1C(=O)[C@@H](c2ccccc2)CC12CCN(C[C@@H]1CCOC1)CC2. The maximum Gasteiger partial charge on any atom is 0.230 e. The largest absolute Gasteiger partial charge is 0.381 e. The van der Waals surface area contributed by atoms with Gasteiger partial charge >= 0.3 is 0 Å². The van der Waals surface area contributed by atoms with Crippen molar-refractivity contribution in [2.75, 3.05) is 39.4 Å². The number of ether oxygens (including phenoxy) is 1. The quantitative estimate of drug-likeness (QED) is 0.843. The zero-order chi connectivity index (χ0) is 17.3. The molecule has 3 heterocycles. The Bertz CT molecular complexity index is 589. The molecule has 1 amide bonds. The number of likely N-dealkylation sites (N-methyl/N-ethyl adjacent to an activating group) is 1. The van der Waals surface area contributed by atoms with Crippen molar-refractivity contribution in [2.45, 2.75) is 44.1 Å². The number of carbonyl (C=O) groups excluding carboxylic acids is 1. The van der Waals surface area contributed by atoms with Gasteiger partial charge in [-0.3, -0.25) is 4.79 Å². The first-order chi connectivity index (χ1) is 12.2. The Kier molecular flexibility index (Phi) is 4.83. The molecule has 0 bridgehead atoms. The third kappa shape index (κ3) is 3.22. The number of hydrogen-bond donors (Lipinski definition) is 0. The molecule has 1 aromatic rings. The van der Waals surface area contributed by atoms with E-state index in [-0.39, 0.29) is 11.5 Å². The predicted octanol–water partition coefficient (Wildman–Crippen LogP) is 2.89. The Morgan fingerprint density at radius 2 is 1.96 bits per heavy atom. The van der Waals surface area contributed by atoms with Crippen LogP contribution in [0.3, 0.4) is 0 Å². The van der Waals surface area contributed by atoms with Gasteiger partial charge in [0, 0.05) is 38.3 Å². The summed E-state index contributed by atoms with van der Waals surface area (Å²) in [6, 6.07) is 10.4. The van der Waals surface area contributed by atoms with Crippen LogP contribution in [0.5, 0.6) is 0 Å². The van der Waals surface area contributed by atoms with Crippen LogP contribution in [-0.4, -0.2) is 60.6 Å². The minimum absolute atomic E-state index is 0.0518. The Balaban J connectivity index is 1.45. The summed E-state index contributed by atoms with van der Waals surface area (Å²) in [7, 11) is 0. The number of hydrogen-bond acceptors (Lipinski definition) is 3. The molecule has 4 heteroatoms. The van der Waals surface area contributed by atoms with E-state index in [1.165, 1.54) is 12.0 Å². The van der Waals surface area contributed by atoms with Gasteiger partial charge in [-0.1, -0.05) is 30.3 Å². The summed E-state index contributed by atoms with van der Waals surface area (Å²) in [6.45, 7) is 8.21. The third-order valence-corrected chi connectivity index (χ3v) is 6.57. The molecule has 4 nitrogen and oxygen atoms in total. The van der Waals surface area contributed by atoms with Crippen LogP contribution in [0, 0.1) is 5.92 Å². The Hall–Kier alpha value is -1.39. The van der Waals surface area contributed by atoms with E-state index in [1.807, 2.05) is 6.07 Å². The van der Waals surface area contributed by atoms with E-state index in [1.54, 1.807) is 0 Å². The maximum absolute atomic E-state index is 13.1. The van der Waals surface area contributed by atoms with E-state index >= 15 is 0 Å². The normalized spacial score (nSPS) is 29.6. The molecule has 0 radical (unpaired) electrons. The minimum atomic E-state index is 0.0518. The van der Waals surface area contributed by atoms with Crippen molar-refractivity contribution in [1.82, 2.24) is 9.80 Å². The molecule has 1 spiro atoms. The zero-order valence-corrected chi connectivity index (χ0v) is 15.3. The van der Waals surface area contributed by atoms with Gasteiger partial charge in [0.1, 0.15) is 0 Å². The second-order valence-corrected chi connectivity index (χ2v) is 8.00. The molecule has 2 atom stereocenters. The second-order valence-electron chi connectivity index (χ2n) is 8.00. The summed E-state index contributed by atoms with van der Waals surface area (Å²) in [4.78, 5) is 17.9. The summed E-state index contributed by atoms with van der Waals surface area (Å²) in [5, 5.41) is 0. The minimum Gasteiger partial charge on any atom is -0.381 e. The van der Waals surface area contributed by atoms with Crippen molar-refractivity contribution >= 4 is 5.91 Å². The summed E-state index contributed by atoms with van der Waals surface area (Å²) < 4.78 is 5.52. The van der Waals surface area contributed by atoms with Gasteiger partial charge in [0.2, 0.25) is 5.91 Å². The van der Waals surface area contributed by atoms with E-state index in [0.717, 1.165) is 58.7 Å². The molecule has 25 heavy (non-hydrogen) atoms. The van der Waals surface area contributed by atoms with Crippen LogP contribution in [0.15, 0.2) is 30.3 Å². The summed E-state index contributed by atoms with van der Waals surface area (Å²) in [5.74, 6) is 1.10. The molecule has 0 aromatic heterocycles. The van der Waals surface area contributed by atoms with Gasteiger partial charge < -0.3 is 14.5 Å². The van der Waals surface area contributed by atoms with Crippen molar-refractivity contribution in [3.8, 4) is 0 Å². The van der Waals surface area contributed by atoms with Gasteiger partial charge in [-0.15, -0.1) is 0 Å². The van der Waals surface area contributed by atoms with Crippen molar-refractivity contribution < 1.29 is 9.53 Å². The summed E-state index contributed by atoms with van der Waals surface area (Å²) in [6.07, 6.45) is 4.42. The lowest BCUT2D eigenvalue weighted by Crippen LogP contribution is -2.53. The lowest BCUT2D eigenvalue weighted by molar-refractivity contribution is -0.133. The molecule has 4 rings (SSSR count). The number of piperidine rings is 1. The Labute approximate surface area is 151 Å². The standard InChI is InChI=1S/C21H30N2O2/c1-2-23-20(24)19(18-6-4-3-5-7-18)14-21(23)9-11-22(12-10-21)15-17-8-13-25-16-17/h3-7,17,19H,2,8-16H2,1H3/t17-,19+/m0/s1. The van der Waals surface area contributed by atoms with Gasteiger partial charge in [0.05, 0.1) is 12.5 Å². The van der Waals surface area contributed by atoms with Crippen LogP contribution in [0.25, 0.3) is 0 Å². The fourth-order valence-corrected chi connectivity index (χ4v) is 5.15. The Morgan fingerprint density at radius 1 is 1.20 bits per heavy atom. The first kappa shape index (κ1) is 17.0. The highest BCUT2D eigenvalue weighted by Gasteiger charge is 2.51. The monoisotopic (exact) mass is 342 g/mol. The van der Waals surface area contributed by atoms with Crippen LogP contribution in [0.4, 0.5) is 0 Å². The van der Waals surface area contributed by atoms with Gasteiger partial charge in [-0.2, -0.15) is 0 Å². The van der Waals surface area contributed by atoms with Crippen LogP contribution in [0.2, 0.25) is 0 Å². The number of benzene rings is 1. The van der Waals surface area contributed by atoms with Crippen LogP contribution < -0.4 is 0 Å². The highest BCUT2D eigenvalue weighted by molar-refractivity contribution is 5.87. The number of carbonyl (C=O) groups is 1. The average Bonchev–Trinajstić information content (AvgIpc) is 3.24. The summed E-state index contributed by atoms with van der Waals surface area (Å²) >= 11 is 0. The lowest BCUT2D eigenvalue weighted by Gasteiger charge is -2.45. The van der Waals surface area contributed by atoms with Crippen LogP contribution in [0.1, 0.15) is 44.1 Å². The van der Waals surface area contributed by atoms with Gasteiger partial charge in [-0.25, -0.2) is 0 Å². The lowest BCUT2D eigenvalue weighted by atomic mass is 9.81.